The highest BCUT2D eigenvalue weighted by Crippen LogP contribution is 2.11. The summed E-state index contributed by atoms with van der Waals surface area (Å²) in [6.45, 7) is 2.25. The molecule has 0 saturated heterocycles. The molecule has 0 unspecified atom stereocenters. The average Bonchev–Trinajstić information content (AvgIpc) is 2.57. The maximum absolute atomic E-state index is 12.0. The predicted octanol–water partition coefficient (Wildman–Crippen LogP) is 3.97. The summed E-state index contributed by atoms with van der Waals surface area (Å²) in [5.74, 6) is -1.65. The Balaban J connectivity index is 0.000000535. The van der Waals surface area contributed by atoms with E-state index in [-0.39, 0.29) is 0 Å². The van der Waals surface area contributed by atoms with Gasteiger partial charge in [0.15, 0.2) is 0 Å². The lowest BCUT2D eigenvalue weighted by Crippen LogP contribution is -2.23. The van der Waals surface area contributed by atoms with Crippen LogP contribution in [0.1, 0.15) is 84.0 Å². The van der Waals surface area contributed by atoms with Gasteiger partial charge in [0, 0.05) is 12.6 Å². The number of aliphatic carboxylic acids is 1. The summed E-state index contributed by atoms with van der Waals surface area (Å²) in [5, 5.41) is 8.46. The summed E-state index contributed by atoms with van der Waals surface area (Å²) in [6.07, 6.45) is 15.1. The molecule has 6 nitrogen and oxygen atoms in total. The third-order valence-corrected chi connectivity index (χ3v) is 3.77. The first-order valence-corrected chi connectivity index (χ1v) is 9.16. The molecule has 0 radical (unpaired) electrons. The van der Waals surface area contributed by atoms with Gasteiger partial charge in [-0.3, -0.25) is 14.6 Å². The van der Waals surface area contributed by atoms with Gasteiger partial charge in [0.25, 0.3) is 5.56 Å². The Morgan fingerprint density at radius 3 is 1.84 bits per heavy atom. The van der Waals surface area contributed by atoms with E-state index in [1.807, 2.05) is 4.98 Å². The molecule has 0 bridgehead atoms. The normalized spacial score (nSPS) is 10.2. The molecule has 1 aromatic heterocycles. The standard InChI is InChI=1S/C14H28O2.C4H3FN2O2/c1-2-3-4-5-6-7-8-9-10-11-12-13-14(15)16;5-2-1-6-4(9)7-3(2)8/h2-13H2,1H3,(H,15,16);1H,(H2,6,7,8,9). The van der Waals surface area contributed by atoms with Crippen LogP contribution in [0, 0.1) is 5.82 Å². The molecule has 0 spiro atoms. The second-order valence-electron chi connectivity index (χ2n) is 6.10. The Labute approximate surface area is 147 Å². The van der Waals surface area contributed by atoms with E-state index in [0.29, 0.717) is 12.6 Å². The molecule has 0 aliphatic rings. The third-order valence-electron chi connectivity index (χ3n) is 3.77. The molecular weight excluding hydrogens is 327 g/mol. The van der Waals surface area contributed by atoms with Gasteiger partial charge in [-0.15, -0.1) is 0 Å². The maximum atomic E-state index is 12.0. The largest absolute Gasteiger partial charge is 0.481 e. The molecule has 0 aliphatic carbocycles. The number of nitrogens with one attached hydrogen (secondary N) is 2. The number of unbranched alkanes of at least 4 members (excludes halogenated alkanes) is 10. The van der Waals surface area contributed by atoms with Crippen molar-refractivity contribution in [2.45, 2.75) is 84.0 Å². The van der Waals surface area contributed by atoms with Crippen molar-refractivity contribution in [1.82, 2.24) is 9.97 Å². The number of aromatic nitrogens is 2. The van der Waals surface area contributed by atoms with Crippen molar-refractivity contribution in [3.63, 3.8) is 0 Å². The number of hydrogen-bond acceptors (Lipinski definition) is 3. The summed E-state index contributed by atoms with van der Waals surface area (Å²) in [7, 11) is 0. The Hall–Kier alpha value is -1.92. The summed E-state index contributed by atoms with van der Waals surface area (Å²) >= 11 is 0. The molecule has 144 valence electrons. The van der Waals surface area contributed by atoms with Crippen LogP contribution in [0.5, 0.6) is 0 Å². The number of carbonyl (C=O) groups is 1. The van der Waals surface area contributed by atoms with Crippen molar-refractivity contribution in [3.8, 4) is 0 Å². The first kappa shape index (κ1) is 23.1. The quantitative estimate of drug-likeness (QED) is 0.492. The van der Waals surface area contributed by atoms with Gasteiger partial charge in [-0.05, 0) is 6.42 Å². The van der Waals surface area contributed by atoms with E-state index in [1.165, 1.54) is 57.8 Å². The highest BCUT2D eigenvalue weighted by atomic mass is 19.1. The first-order chi connectivity index (χ1) is 12.0. The highest BCUT2D eigenvalue weighted by Gasteiger charge is 1.96. The van der Waals surface area contributed by atoms with E-state index >= 15 is 0 Å². The van der Waals surface area contributed by atoms with Crippen LogP contribution in [0.3, 0.4) is 0 Å². The summed E-state index contributed by atoms with van der Waals surface area (Å²) in [6, 6.07) is 0. The van der Waals surface area contributed by atoms with Crippen LogP contribution in [-0.4, -0.2) is 21.0 Å². The number of halogens is 1. The van der Waals surface area contributed by atoms with Gasteiger partial charge >= 0.3 is 11.7 Å². The maximum Gasteiger partial charge on any atom is 0.325 e. The van der Waals surface area contributed by atoms with Crippen molar-refractivity contribution in [2.24, 2.45) is 0 Å². The van der Waals surface area contributed by atoms with Crippen LogP contribution < -0.4 is 11.2 Å². The molecule has 0 atom stereocenters. The van der Waals surface area contributed by atoms with E-state index in [0.717, 1.165) is 12.8 Å². The summed E-state index contributed by atoms with van der Waals surface area (Å²) in [5.41, 5.74) is -1.71. The van der Waals surface area contributed by atoms with Gasteiger partial charge in [-0.2, -0.15) is 4.39 Å². The fourth-order valence-electron chi connectivity index (χ4n) is 2.33. The number of aromatic amines is 2. The molecule has 7 heteroatoms. The third kappa shape index (κ3) is 15.4. The SMILES string of the molecule is CCCCCCCCCCCCCC(=O)O.O=c1[nH]cc(F)c(=O)[nH]1. The molecule has 0 aromatic carbocycles. The number of rotatable bonds is 12. The monoisotopic (exact) mass is 358 g/mol. The zero-order valence-corrected chi connectivity index (χ0v) is 15.1. The average molecular weight is 358 g/mol. The Morgan fingerprint density at radius 2 is 1.44 bits per heavy atom. The van der Waals surface area contributed by atoms with Crippen molar-refractivity contribution in [3.05, 3.63) is 32.9 Å². The Bertz CT molecular complexity index is 569. The van der Waals surface area contributed by atoms with E-state index in [9.17, 15) is 18.8 Å². The van der Waals surface area contributed by atoms with Gasteiger partial charge in [0.2, 0.25) is 5.82 Å². The zero-order valence-electron chi connectivity index (χ0n) is 15.1. The van der Waals surface area contributed by atoms with Gasteiger partial charge in [-0.1, -0.05) is 71.1 Å². The van der Waals surface area contributed by atoms with Gasteiger partial charge < -0.3 is 10.1 Å². The molecule has 0 aliphatic heterocycles. The van der Waals surface area contributed by atoms with Crippen LogP contribution in [-0.2, 0) is 4.79 Å². The van der Waals surface area contributed by atoms with Gasteiger partial charge in [0.05, 0.1) is 0 Å². The molecule has 1 aromatic rings. The smallest absolute Gasteiger partial charge is 0.325 e. The van der Waals surface area contributed by atoms with Crippen LogP contribution in [0.15, 0.2) is 15.8 Å². The van der Waals surface area contributed by atoms with Gasteiger partial charge in [0.1, 0.15) is 0 Å². The lowest BCUT2D eigenvalue weighted by molar-refractivity contribution is -0.137. The predicted molar refractivity (Wildman–Crippen MR) is 96.4 cm³/mol. The van der Waals surface area contributed by atoms with E-state index < -0.39 is 23.0 Å². The van der Waals surface area contributed by atoms with Crippen LogP contribution >= 0.6 is 0 Å². The fraction of sp³-hybridized carbons (Fsp3) is 0.722. The summed E-state index contributed by atoms with van der Waals surface area (Å²) < 4.78 is 12.0. The Kier molecular flexibility index (Phi) is 14.4. The topological polar surface area (TPSA) is 103 Å². The molecule has 3 N–H and O–H groups in total. The zero-order chi connectivity index (χ0) is 18.9. The van der Waals surface area contributed by atoms with Gasteiger partial charge in [-0.25, -0.2) is 4.79 Å². The second-order valence-corrected chi connectivity index (χ2v) is 6.10. The van der Waals surface area contributed by atoms with Crippen molar-refractivity contribution >= 4 is 5.97 Å². The van der Waals surface area contributed by atoms with Crippen LogP contribution in [0.4, 0.5) is 4.39 Å². The van der Waals surface area contributed by atoms with E-state index in [2.05, 4.69) is 6.92 Å². The molecule has 0 saturated carbocycles. The molecular formula is C18H31FN2O4. The Morgan fingerprint density at radius 1 is 0.960 bits per heavy atom. The molecule has 1 rings (SSSR count). The number of carboxylic acids is 1. The minimum atomic E-state index is -1.00. The van der Waals surface area contributed by atoms with Crippen molar-refractivity contribution in [1.29, 1.82) is 0 Å². The molecule has 0 fully saturated rings. The first-order valence-electron chi connectivity index (χ1n) is 9.16. The molecule has 1 heterocycles. The molecule has 25 heavy (non-hydrogen) atoms. The number of hydrogen-bond donors (Lipinski definition) is 3. The lowest BCUT2D eigenvalue weighted by atomic mass is 10.1. The molecule has 0 amide bonds. The fourth-order valence-corrected chi connectivity index (χ4v) is 2.33. The van der Waals surface area contributed by atoms with E-state index in [4.69, 9.17) is 5.11 Å². The second kappa shape index (κ2) is 15.6. The highest BCUT2D eigenvalue weighted by molar-refractivity contribution is 5.66. The van der Waals surface area contributed by atoms with Crippen LogP contribution in [0.2, 0.25) is 0 Å². The minimum Gasteiger partial charge on any atom is -0.481 e. The van der Waals surface area contributed by atoms with Crippen LogP contribution in [0.25, 0.3) is 0 Å². The van der Waals surface area contributed by atoms with Crippen molar-refractivity contribution < 1.29 is 14.3 Å². The minimum absolute atomic E-state index is 0.344. The summed E-state index contributed by atoms with van der Waals surface area (Å²) in [4.78, 5) is 34.3. The number of H-pyrrole nitrogens is 2. The number of carboxylic acid groups (broad SMARTS) is 1. The van der Waals surface area contributed by atoms with Crippen molar-refractivity contribution in [2.75, 3.05) is 0 Å². The lowest BCUT2D eigenvalue weighted by Gasteiger charge is -2.01. The van der Waals surface area contributed by atoms with E-state index in [1.54, 1.807) is 4.98 Å².